The molecule has 1 unspecified atom stereocenters. The topological polar surface area (TPSA) is 58.5 Å². The summed E-state index contributed by atoms with van der Waals surface area (Å²) >= 11 is 0. The lowest BCUT2D eigenvalue weighted by molar-refractivity contribution is 0.181. The number of halogens is 1. The van der Waals surface area contributed by atoms with Crippen molar-refractivity contribution >= 4 is 5.95 Å². The van der Waals surface area contributed by atoms with Crippen LogP contribution in [0.3, 0.4) is 0 Å². The number of aliphatic hydroxyl groups is 1. The summed E-state index contributed by atoms with van der Waals surface area (Å²) in [5.41, 5.74) is 1.45. The van der Waals surface area contributed by atoms with Crippen molar-refractivity contribution < 1.29 is 14.2 Å². The van der Waals surface area contributed by atoms with Crippen LogP contribution < -0.4 is 9.64 Å². The summed E-state index contributed by atoms with van der Waals surface area (Å²) in [6.07, 6.45) is -0.764. The Morgan fingerprint density at radius 3 is 2.42 bits per heavy atom. The Bertz CT molecular complexity index is 662. The van der Waals surface area contributed by atoms with E-state index in [4.69, 9.17) is 4.74 Å². The van der Waals surface area contributed by atoms with Gasteiger partial charge in [0.1, 0.15) is 5.82 Å². The fourth-order valence-electron chi connectivity index (χ4n) is 2.45. The maximum absolute atomic E-state index is 13.1. The van der Waals surface area contributed by atoms with Crippen LogP contribution in [0.5, 0.6) is 5.88 Å². The maximum Gasteiger partial charge on any atom is 0.228 e. The summed E-state index contributed by atoms with van der Waals surface area (Å²) in [6, 6.07) is 7.62. The predicted octanol–water partition coefficient (Wildman–Crippen LogP) is 3.13. The highest BCUT2D eigenvalue weighted by Gasteiger charge is 2.18. The van der Waals surface area contributed by atoms with E-state index in [-0.39, 0.29) is 5.82 Å². The highest BCUT2D eigenvalue weighted by Crippen LogP contribution is 2.21. The van der Waals surface area contributed by atoms with E-state index in [2.05, 4.69) is 23.8 Å². The van der Waals surface area contributed by atoms with E-state index in [9.17, 15) is 9.50 Å². The van der Waals surface area contributed by atoms with Gasteiger partial charge in [-0.05, 0) is 30.5 Å². The minimum absolute atomic E-state index is 0.316. The van der Waals surface area contributed by atoms with Crippen LogP contribution in [0.2, 0.25) is 0 Å². The second-order valence-electron chi connectivity index (χ2n) is 6.22. The summed E-state index contributed by atoms with van der Waals surface area (Å²) in [4.78, 5) is 10.8. The Balaban J connectivity index is 2.24. The van der Waals surface area contributed by atoms with E-state index in [0.717, 1.165) is 5.69 Å². The fourth-order valence-corrected chi connectivity index (χ4v) is 2.45. The van der Waals surface area contributed by atoms with E-state index in [1.54, 1.807) is 25.3 Å². The maximum atomic E-state index is 13.1. The first-order chi connectivity index (χ1) is 11.4. The molecule has 130 valence electrons. The van der Waals surface area contributed by atoms with Gasteiger partial charge in [-0.2, -0.15) is 4.98 Å². The van der Waals surface area contributed by atoms with Crippen molar-refractivity contribution in [2.45, 2.75) is 26.9 Å². The summed E-state index contributed by atoms with van der Waals surface area (Å²) < 4.78 is 18.3. The molecule has 1 atom stereocenters. The van der Waals surface area contributed by atoms with Crippen molar-refractivity contribution in [3.8, 4) is 5.88 Å². The summed E-state index contributed by atoms with van der Waals surface area (Å²) in [6.45, 7) is 7.05. The van der Waals surface area contributed by atoms with Crippen LogP contribution in [-0.2, 0) is 0 Å². The average Bonchev–Trinajstić information content (AvgIpc) is 2.53. The van der Waals surface area contributed by atoms with Crippen molar-refractivity contribution in [3.05, 3.63) is 47.4 Å². The number of aryl methyl sites for hydroxylation is 1. The molecule has 2 rings (SSSR count). The van der Waals surface area contributed by atoms with Gasteiger partial charge in [-0.1, -0.05) is 26.0 Å². The normalized spacial score (nSPS) is 12.3. The lowest BCUT2D eigenvalue weighted by Crippen LogP contribution is -2.33. The molecule has 0 bridgehead atoms. The molecule has 0 aliphatic rings. The van der Waals surface area contributed by atoms with E-state index in [0.29, 0.717) is 36.4 Å². The Morgan fingerprint density at radius 1 is 1.17 bits per heavy atom. The number of methoxy groups -OCH3 is 1. The number of hydrogen-bond donors (Lipinski definition) is 1. The van der Waals surface area contributed by atoms with E-state index < -0.39 is 6.10 Å². The first-order valence-corrected chi connectivity index (χ1v) is 7.97. The minimum atomic E-state index is -0.764. The Kier molecular flexibility index (Phi) is 6.09. The number of hydrogen-bond acceptors (Lipinski definition) is 5. The first kappa shape index (κ1) is 18.1. The molecule has 0 fully saturated rings. The van der Waals surface area contributed by atoms with Gasteiger partial charge in [0.15, 0.2) is 0 Å². The molecule has 0 aliphatic carbocycles. The van der Waals surface area contributed by atoms with Crippen LogP contribution in [0.1, 0.15) is 31.2 Å². The molecule has 1 aromatic carbocycles. The van der Waals surface area contributed by atoms with Crippen molar-refractivity contribution in [2.75, 3.05) is 25.1 Å². The third-order valence-electron chi connectivity index (χ3n) is 3.54. The number of nitrogens with zero attached hydrogens (tertiary/aromatic N) is 3. The zero-order valence-electron chi connectivity index (χ0n) is 14.5. The Labute approximate surface area is 142 Å². The molecule has 2 aromatic rings. The van der Waals surface area contributed by atoms with Crippen LogP contribution in [0.15, 0.2) is 30.3 Å². The zero-order valence-corrected chi connectivity index (χ0v) is 14.5. The summed E-state index contributed by atoms with van der Waals surface area (Å²) in [5.74, 6) is 1.04. The molecule has 0 spiro atoms. The van der Waals surface area contributed by atoms with Gasteiger partial charge in [0.25, 0.3) is 0 Å². The summed E-state index contributed by atoms with van der Waals surface area (Å²) in [5, 5.41) is 10.5. The van der Waals surface area contributed by atoms with Crippen molar-refractivity contribution in [2.24, 2.45) is 5.92 Å². The first-order valence-electron chi connectivity index (χ1n) is 7.97. The van der Waals surface area contributed by atoms with Gasteiger partial charge in [-0.3, -0.25) is 0 Å². The second-order valence-corrected chi connectivity index (χ2v) is 6.22. The molecule has 6 heteroatoms. The number of anilines is 1. The van der Waals surface area contributed by atoms with Crippen LogP contribution in [0.4, 0.5) is 10.3 Å². The van der Waals surface area contributed by atoms with Crippen LogP contribution >= 0.6 is 0 Å². The van der Waals surface area contributed by atoms with Gasteiger partial charge in [0.05, 0.1) is 19.8 Å². The van der Waals surface area contributed by atoms with Crippen molar-refractivity contribution in [1.29, 1.82) is 0 Å². The van der Waals surface area contributed by atoms with Crippen LogP contribution in [0, 0.1) is 18.7 Å². The highest BCUT2D eigenvalue weighted by atomic mass is 19.1. The van der Waals surface area contributed by atoms with Crippen molar-refractivity contribution in [3.63, 3.8) is 0 Å². The molecule has 1 aromatic heterocycles. The lowest BCUT2D eigenvalue weighted by Gasteiger charge is -2.27. The standard InChI is InChI=1S/C18H24FN3O2/c1-12(2)10-22(18-20-13(3)9-17(21-18)24-4)11-16(23)14-5-7-15(19)8-6-14/h5-9,12,16,23H,10-11H2,1-4H3. The van der Waals surface area contributed by atoms with Crippen LogP contribution in [0.25, 0.3) is 0 Å². The fraction of sp³-hybridized carbons (Fsp3) is 0.444. The zero-order chi connectivity index (χ0) is 17.7. The molecule has 0 saturated carbocycles. The second kappa shape index (κ2) is 8.06. The molecule has 0 radical (unpaired) electrons. The predicted molar refractivity (Wildman–Crippen MR) is 91.7 cm³/mol. The third-order valence-corrected chi connectivity index (χ3v) is 3.54. The molecular weight excluding hydrogens is 309 g/mol. The monoisotopic (exact) mass is 333 g/mol. The summed E-state index contributed by atoms with van der Waals surface area (Å²) in [7, 11) is 1.56. The van der Waals surface area contributed by atoms with Gasteiger partial charge in [-0.25, -0.2) is 9.37 Å². The van der Waals surface area contributed by atoms with Gasteiger partial charge < -0.3 is 14.7 Å². The molecule has 0 amide bonds. The van der Waals surface area contributed by atoms with E-state index >= 15 is 0 Å². The Morgan fingerprint density at radius 2 is 1.83 bits per heavy atom. The molecule has 1 heterocycles. The van der Waals surface area contributed by atoms with Crippen LogP contribution in [-0.4, -0.2) is 35.3 Å². The van der Waals surface area contributed by atoms with Gasteiger partial charge in [0, 0.05) is 18.3 Å². The molecule has 24 heavy (non-hydrogen) atoms. The molecule has 0 aliphatic heterocycles. The molecule has 1 N–H and O–H groups in total. The Hall–Kier alpha value is -2.21. The lowest BCUT2D eigenvalue weighted by atomic mass is 10.1. The molecular formula is C18H24FN3O2. The quantitative estimate of drug-likeness (QED) is 0.843. The molecule has 5 nitrogen and oxygen atoms in total. The number of rotatable bonds is 7. The molecule has 0 saturated heterocycles. The largest absolute Gasteiger partial charge is 0.481 e. The number of ether oxygens (including phenoxy) is 1. The van der Waals surface area contributed by atoms with Gasteiger partial charge >= 0.3 is 0 Å². The highest BCUT2D eigenvalue weighted by molar-refractivity contribution is 5.35. The van der Waals surface area contributed by atoms with Crippen molar-refractivity contribution in [1.82, 2.24) is 9.97 Å². The van der Waals surface area contributed by atoms with Gasteiger partial charge in [0.2, 0.25) is 11.8 Å². The minimum Gasteiger partial charge on any atom is -0.481 e. The smallest absolute Gasteiger partial charge is 0.228 e. The number of benzene rings is 1. The van der Waals surface area contributed by atoms with E-state index in [1.807, 2.05) is 11.8 Å². The number of aromatic nitrogens is 2. The SMILES string of the molecule is COc1cc(C)nc(N(CC(C)C)CC(O)c2ccc(F)cc2)n1. The number of aliphatic hydroxyl groups excluding tert-OH is 1. The average molecular weight is 333 g/mol. The van der Waals surface area contributed by atoms with E-state index in [1.165, 1.54) is 12.1 Å². The third kappa shape index (κ3) is 4.89. The van der Waals surface area contributed by atoms with Gasteiger partial charge in [-0.15, -0.1) is 0 Å².